The van der Waals surface area contributed by atoms with Gasteiger partial charge in [0.05, 0.1) is 17.3 Å². The Morgan fingerprint density at radius 1 is 1.50 bits per heavy atom. The van der Waals surface area contributed by atoms with Gasteiger partial charge in [-0.05, 0) is 19.1 Å². The van der Waals surface area contributed by atoms with Crippen LogP contribution in [0.15, 0.2) is 18.2 Å². The van der Waals surface area contributed by atoms with Gasteiger partial charge in [-0.2, -0.15) is 0 Å². The summed E-state index contributed by atoms with van der Waals surface area (Å²) in [4.78, 5) is 22.1. The molecule has 0 aliphatic carbocycles. The Bertz CT molecular complexity index is 423. The lowest BCUT2D eigenvalue weighted by Crippen LogP contribution is -2.25. The predicted octanol–water partition coefficient (Wildman–Crippen LogP) is 1.98. The smallest absolute Gasteiger partial charge is 0.397 e. The van der Waals surface area contributed by atoms with Crippen molar-refractivity contribution in [1.29, 1.82) is 0 Å². The van der Waals surface area contributed by atoms with E-state index >= 15 is 0 Å². The summed E-state index contributed by atoms with van der Waals surface area (Å²) in [6, 6.07) is 4.07. The van der Waals surface area contributed by atoms with E-state index < -0.39 is 17.7 Å². The van der Waals surface area contributed by atoms with Gasteiger partial charge in [-0.1, -0.05) is 17.7 Å². The normalized spacial score (nSPS) is 9.69. The van der Waals surface area contributed by atoms with Crippen LogP contribution in [0, 0.1) is 5.82 Å². The minimum Gasteiger partial charge on any atom is -0.459 e. The highest BCUT2D eigenvalue weighted by atomic mass is 35.5. The molecule has 0 aliphatic heterocycles. The predicted molar refractivity (Wildman–Crippen MR) is 56.7 cm³/mol. The van der Waals surface area contributed by atoms with Crippen LogP contribution < -0.4 is 5.32 Å². The summed E-state index contributed by atoms with van der Waals surface area (Å²) in [5, 5.41) is 1.93. The van der Waals surface area contributed by atoms with Crippen LogP contribution in [0.5, 0.6) is 0 Å². The maximum Gasteiger partial charge on any atom is 0.397 e. The van der Waals surface area contributed by atoms with Crippen LogP contribution in [0.2, 0.25) is 5.02 Å². The summed E-state index contributed by atoms with van der Waals surface area (Å²) in [5.41, 5.74) is -0.162. The van der Waals surface area contributed by atoms with Crippen molar-refractivity contribution < 1.29 is 18.7 Å². The van der Waals surface area contributed by atoms with E-state index in [-0.39, 0.29) is 17.3 Å². The fourth-order valence-electron chi connectivity index (χ4n) is 0.970. The Kier molecular flexibility index (Phi) is 4.25. The highest BCUT2D eigenvalue weighted by Gasteiger charge is 2.17. The third-order valence-electron chi connectivity index (χ3n) is 1.66. The van der Waals surface area contributed by atoms with Crippen molar-refractivity contribution >= 4 is 29.2 Å². The highest BCUT2D eigenvalue weighted by molar-refractivity contribution is 6.37. The summed E-state index contributed by atoms with van der Waals surface area (Å²) < 4.78 is 17.8. The van der Waals surface area contributed by atoms with Crippen molar-refractivity contribution in [2.24, 2.45) is 0 Å². The van der Waals surface area contributed by atoms with E-state index in [4.69, 9.17) is 11.6 Å². The van der Waals surface area contributed by atoms with Gasteiger partial charge >= 0.3 is 11.9 Å². The first-order valence-electron chi connectivity index (χ1n) is 4.48. The van der Waals surface area contributed by atoms with Gasteiger partial charge in [-0.3, -0.25) is 4.79 Å². The van der Waals surface area contributed by atoms with Crippen LogP contribution in [0.1, 0.15) is 6.92 Å². The molecule has 0 saturated heterocycles. The standard InChI is InChI=1S/C10H9ClFNO3/c1-2-16-10(15)9(14)13-7-5-3-4-6(11)8(7)12/h3-5H,2H2,1H3,(H,13,14). The first-order valence-corrected chi connectivity index (χ1v) is 4.86. The van der Waals surface area contributed by atoms with Gasteiger partial charge in [0.1, 0.15) is 0 Å². The number of halogens is 2. The van der Waals surface area contributed by atoms with Crippen LogP contribution in [-0.2, 0) is 14.3 Å². The molecular formula is C10H9ClFNO3. The summed E-state index contributed by atoms with van der Waals surface area (Å²) in [5.74, 6) is -2.90. The van der Waals surface area contributed by atoms with Crippen molar-refractivity contribution in [3.05, 3.63) is 29.0 Å². The SMILES string of the molecule is CCOC(=O)C(=O)Nc1cccc(Cl)c1F. The summed E-state index contributed by atoms with van der Waals surface area (Å²) in [7, 11) is 0. The van der Waals surface area contributed by atoms with Crippen LogP contribution in [0.25, 0.3) is 0 Å². The molecule has 86 valence electrons. The fraction of sp³-hybridized carbons (Fsp3) is 0.200. The summed E-state index contributed by atoms with van der Waals surface area (Å²) in [6.45, 7) is 1.63. The van der Waals surface area contributed by atoms with E-state index in [2.05, 4.69) is 10.1 Å². The molecule has 1 aromatic carbocycles. The lowest BCUT2D eigenvalue weighted by Gasteiger charge is -2.06. The number of carbonyl (C=O) groups excluding carboxylic acids is 2. The maximum atomic E-state index is 13.3. The highest BCUT2D eigenvalue weighted by Crippen LogP contribution is 2.21. The van der Waals surface area contributed by atoms with Crippen molar-refractivity contribution in [3.63, 3.8) is 0 Å². The van der Waals surface area contributed by atoms with E-state index in [0.29, 0.717) is 0 Å². The topological polar surface area (TPSA) is 55.4 Å². The van der Waals surface area contributed by atoms with Crippen molar-refractivity contribution in [3.8, 4) is 0 Å². The number of amides is 1. The average Bonchev–Trinajstić information content (AvgIpc) is 2.25. The largest absolute Gasteiger partial charge is 0.459 e. The fourth-order valence-corrected chi connectivity index (χ4v) is 1.14. The molecule has 1 aromatic rings. The molecular weight excluding hydrogens is 237 g/mol. The van der Waals surface area contributed by atoms with Crippen LogP contribution in [0.3, 0.4) is 0 Å². The van der Waals surface area contributed by atoms with Crippen molar-refractivity contribution in [2.45, 2.75) is 6.92 Å². The third kappa shape index (κ3) is 2.93. The lowest BCUT2D eigenvalue weighted by molar-refractivity contribution is -0.152. The van der Waals surface area contributed by atoms with Gasteiger partial charge in [-0.15, -0.1) is 0 Å². The zero-order valence-electron chi connectivity index (χ0n) is 8.42. The number of benzene rings is 1. The van der Waals surface area contributed by atoms with Gasteiger partial charge in [0.2, 0.25) is 0 Å². The lowest BCUT2D eigenvalue weighted by atomic mass is 10.3. The molecule has 4 nitrogen and oxygen atoms in total. The Hall–Kier alpha value is -1.62. The second-order valence-corrected chi connectivity index (χ2v) is 3.18. The number of rotatable bonds is 2. The monoisotopic (exact) mass is 245 g/mol. The number of esters is 1. The molecule has 0 aliphatic rings. The quantitative estimate of drug-likeness (QED) is 0.640. The molecule has 0 bridgehead atoms. The second-order valence-electron chi connectivity index (χ2n) is 2.78. The van der Waals surface area contributed by atoms with E-state index in [1.165, 1.54) is 18.2 Å². The molecule has 0 saturated carbocycles. The number of ether oxygens (including phenoxy) is 1. The summed E-state index contributed by atoms with van der Waals surface area (Å²) >= 11 is 5.50. The van der Waals surface area contributed by atoms with Gasteiger partial charge < -0.3 is 10.1 Å². The molecule has 0 aromatic heterocycles. The number of nitrogens with one attached hydrogen (secondary N) is 1. The molecule has 1 N–H and O–H groups in total. The summed E-state index contributed by atoms with van der Waals surface area (Å²) in [6.07, 6.45) is 0. The maximum absolute atomic E-state index is 13.3. The molecule has 1 amide bonds. The number of anilines is 1. The minimum atomic E-state index is -1.07. The molecule has 0 heterocycles. The Morgan fingerprint density at radius 3 is 2.81 bits per heavy atom. The Labute approximate surface area is 96.3 Å². The van der Waals surface area contributed by atoms with Crippen molar-refractivity contribution in [1.82, 2.24) is 0 Å². The van der Waals surface area contributed by atoms with Gasteiger partial charge in [0.15, 0.2) is 5.82 Å². The van der Waals surface area contributed by atoms with Gasteiger partial charge in [0.25, 0.3) is 0 Å². The van der Waals surface area contributed by atoms with Crippen LogP contribution in [-0.4, -0.2) is 18.5 Å². The Morgan fingerprint density at radius 2 is 2.19 bits per heavy atom. The molecule has 6 heteroatoms. The Balaban J connectivity index is 2.77. The van der Waals surface area contributed by atoms with Gasteiger partial charge in [-0.25, -0.2) is 9.18 Å². The number of hydrogen-bond acceptors (Lipinski definition) is 3. The average molecular weight is 246 g/mol. The molecule has 16 heavy (non-hydrogen) atoms. The van der Waals surface area contributed by atoms with Crippen LogP contribution >= 0.6 is 11.6 Å². The van der Waals surface area contributed by atoms with E-state index in [1.807, 2.05) is 0 Å². The first kappa shape index (κ1) is 12.4. The molecule has 0 radical (unpaired) electrons. The van der Waals surface area contributed by atoms with E-state index in [1.54, 1.807) is 6.92 Å². The number of hydrogen-bond donors (Lipinski definition) is 1. The molecule has 0 unspecified atom stereocenters. The second kappa shape index (κ2) is 5.46. The van der Waals surface area contributed by atoms with E-state index in [0.717, 1.165) is 0 Å². The minimum absolute atomic E-state index is 0.0737. The van der Waals surface area contributed by atoms with Crippen LogP contribution in [0.4, 0.5) is 10.1 Å². The van der Waals surface area contributed by atoms with Crippen molar-refractivity contribution in [2.75, 3.05) is 11.9 Å². The molecule has 0 fully saturated rings. The van der Waals surface area contributed by atoms with Gasteiger partial charge in [0, 0.05) is 0 Å². The van der Waals surface area contributed by atoms with E-state index in [9.17, 15) is 14.0 Å². The molecule has 0 atom stereocenters. The number of carbonyl (C=O) groups is 2. The zero-order chi connectivity index (χ0) is 12.1. The molecule has 1 rings (SSSR count). The zero-order valence-corrected chi connectivity index (χ0v) is 9.18. The third-order valence-corrected chi connectivity index (χ3v) is 1.95. The molecule has 0 spiro atoms. The first-order chi connectivity index (χ1) is 7.56.